The molecule has 1 atom stereocenters. The minimum atomic E-state index is -0.292. The van der Waals surface area contributed by atoms with Crippen LogP contribution in [0.3, 0.4) is 0 Å². The molecule has 7 nitrogen and oxygen atoms in total. The van der Waals surface area contributed by atoms with E-state index in [-0.39, 0.29) is 24.7 Å². The first-order valence-electron chi connectivity index (χ1n) is 7.93. The molecule has 0 spiro atoms. The quantitative estimate of drug-likeness (QED) is 0.869. The summed E-state index contributed by atoms with van der Waals surface area (Å²) in [6, 6.07) is 1.64. The summed E-state index contributed by atoms with van der Waals surface area (Å²) >= 11 is 0. The van der Waals surface area contributed by atoms with E-state index < -0.39 is 0 Å². The number of urea groups is 1. The Balaban J connectivity index is 2.14. The van der Waals surface area contributed by atoms with E-state index >= 15 is 0 Å². The SMILES string of the molecule is CCC(CC)n1nc(C)cc1NC(=O)N1CCOC[C@H]1CO. The van der Waals surface area contributed by atoms with E-state index in [0.717, 1.165) is 18.5 Å². The number of hydrogen-bond donors (Lipinski definition) is 2. The number of amides is 2. The van der Waals surface area contributed by atoms with Crippen LogP contribution in [0, 0.1) is 6.92 Å². The maximum Gasteiger partial charge on any atom is 0.323 e. The number of morpholine rings is 1. The van der Waals surface area contributed by atoms with Gasteiger partial charge in [0, 0.05) is 12.6 Å². The number of aliphatic hydroxyl groups is 1. The molecule has 0 radical (unpaired) electrons. The summed E-state index contributed by atoms with van der Waals surface area (Å²) in [5.74, 6) is 0.708. The van der Waals surface area contributed by atoms with Crippen molar-refractivity contribution in [1.82, 2.24) is 14.7 Å². The Hall–Kier alpha value is -1.60. The van der Waals surface area contributed by atoms with Crippen molar-refractivity contribution in [1.29, 1.82) is 0 Å². The molecule has 0 saturated carbocycles. The van der Waals surface area contributed by atoms with Crippen molar-refractivity contribution < 1.29 is 14.6 Å². The average Bonchev–Trinajstić information content (AvgIpc) is 2.89. The lowest BCUT2D eigenvalue weighted by Gasteiger charge is -2.34. The molecule has 2 rings (SSSR count). The van der Waals surface area contributed by atoms with Gasteiger partial charge in [-0.05, 0) is 19.8 Å². The van der Waals surface area contributed by atoms with Gasteiger partial charge in [-0.25, -0.2) is 9.48 Å². The van der Waals surface area contributed by atoms with Crippen molar-refractivity contribution in [2.24, 2.45) is 0 Å². The molecule has 2 amide bonds. The van der Waals surface area contributed by atoms with Gasteiger partial charge in [0.1, 0.15) is 5.82 Å². The summed E-state index contributed by atoms with van der Waals surface area (Å²) in [6.07, 6.45) is 1.91. The van der Waals surface area contributed by atoms with Gasteiger partial charge in [0.25, 0.3) is 0 Å². The molecular weight excluding hydrogens is 284 g/mol. The Labute approximate surface area is 131 Å². The molecule has 0 aromatic carbocycles. The van der Waals surface area contributed by atoms with Gasteiger partial charge >= 0.3 is 6.03 Å². The lowest BCUT2D eigenvalue weighted by molar-refractivity contribution is -0.00488. The van der Waals surface area contributed by atoms with Crippen LogP contribution < -0.4 is 5.32 Å². The average molecular weight is 310 g/mol. The number of anilines is 1. The van der Waals surface area contributed by atoms with Crippen molar-refractivity contribution in [2.45, 2.75) is 45.7 Å². The summed E-state index contributed by atoms with van der Waals surface area (Å²) in [6.45, 7) is 7.39. The molecule has 1 aliphatic rings. The van der Waals surface area contributed by atoms with Gasteiger partial charge in [-0.2, -0.15) is 5.10 Å². The van der Waals surface area contributed by atoms with E-state index in [4.69, 9.17) is 4.74 Å². The minimum absolute atomic E-state index is 0.0990. The molecule has 124 valence electrons. The van der Waals surface area contributed by atoms with Gasteiger partial charge < -0.3 is 14.7 Å². The van der Waals surface area contributed by atoms with Crippen molar-refractivity contribution in [3.8, 4) is 0 Å². The molecule has 1 aromatic rings. The summed E-state index contributed by atoms with van der Waals surface area (Å²) in [4.78, 5) is 14.1. The van der Waals surface area contributed by atoms with Crippen LogP contribution in [0.5, 0.6) is 0 Å². The lowest BCUT2D eigenvalue weighted by atomic mass is 10.2. The van der Waals surface area contributed by atoms with E-state index in [9.17, 15) is 9.90 Å². The van der Waals surface area contributed by atoms with Crippen LogP contribution in [-0.2, 0) is 4.74 Å². The van der Waals surface area contributed by atoms with Crippen LogP contribution in [-0.4, -0.2) is 58.2 Å². The smallest absolute Gasteiger partial charge is 0.323 e. The third-order valence-corrected chi connectivity index (χ3v) is 4.08. The van der Waals surface area contributed by atoms with Gasteiger partial charge in [-0.1, -0.05) is 13.8 Å². The summed E-state index contributed by atoms with van der Waals surface area (Å²) in [5.41, 5.74) is 0.878. The van der Waals surface area contributed by atoms with Gasteiger partial charge in [0.2, 0.25) is 0 Å². The fraction of sp³-hybridized carbons (Fsp3) is 0.733. The third kappa shape index (κ3) is 3.59. The first kappa shape index (κ1) is 16.8. The Bertz CT molecular complexity index is 499. The molecule has 7 heteroatoms. The Morgan fingerprint density at radius 1 is 1.55 bits per heavy atom. The van der Waals surface area contributed by atoms with E-state index in [2.05, 4.69) is 24.3 Å². The Morgan fingerprint density at radius 3 is 2.91 bits per heavy atom. The fourth-order valence-corrected chi connectivity index (χ4v) is 2.78. The topological polar surface area (TPSA) is 79.6 Å². The number of carbonyl (C=O) groups is 1. The zero-order chi connectivity index (χ0) is 16.1. The maximum absolute atomic E-state index is 12.5. The Kier molecular flexibility index (Phi) is 5.79. The standard InChI is InChI=1S/C15H26N4O3/c1-4-12(5-2)19-14(8-11(3)17-19)16-15(21)18-6-7-22-10-13(18)9-20/h8,12-13,20H,4-7,9-10H2,1-3H3,(H,16,21)/t13-/m1/s1. The molecule has 1 saturated heterocycles. The van der Waals surface area contributed by atoms with Gasteiger partial charge in [0.15, 0.2) is 0 Å². The normalized spacial score (nSPS) is 18.8. The number of nitrogens with zero attached hydrogens (tertiary/aromatic N) is 3. The van der Waals surface area contributed by atoms with Gasteiger partial charge in [-0.15, -0.1) is 0 Å². The molecule has 1 aromatic heterocycles. The van der Waals surface area contributed by atoms with Crippen molar-refractivity contribution in [3.63, 3.8) is 0 Å². The monoisotopic (exact) mass is 310 g/mol. The second-order valence-electron chi connectivity index (χ2n) is 5.62. The van der Waals surface area contributed by atoms with E-state index in [0.29, 0.717) is 25.6 Å². The van der Waals surface area contributed by atoms with Crippen molar-refractivity contribution >= 4 is 11.8 Å². The predicted molar refractivity (Wildman–Crippen MR) is 84.0 cm³/mol. The number of hydrogen-bond acceptors (Lipinski definition) is 4. The van der Waals surface area contributed by atoms with Crippen LogP contribution >= 0.6 is 0 Å². The lowest BCUT2D eigenvalue weighted by Crippen LogP contribution is -2.52. The number of ether oxygens (including phenoxy) is 1. The van der Waals surface area contributed by atoms with Crippen LogP contribution in [0.4, 0.5) is 10.6 Å². The second kappa shape index (κ2) is 7.60. The highest BCUT2D eigenvalue weighted by molar-refractivity contribution is 5.88. The first-order chi connectivity index (χ1) is 10.6. The zero-order valence-corrected chi connectivity index (χ0v) is 13.6. The third-order valence-electron chi connectivity index (χ3n) is 4.08. The number of nitrogens with one attached hydrogen (secondary N) is 1. The zero-order valence-electron chi connectivity index (χ0n) is 13.6. The van der Waals surface area contributed by atoms with Crippen molar-refractivity contribution in [2.75, 3.05) is 31.7 Å². The highest BCUT2D eigenvalue weighted by Crippen LogP contribution is 2.22. The predicted octanol–water partition coefficient (Wildman–Crippen LogP) is 1.78. The highest BCUT2D eigenvalue weighted by atomic mass is 16.5. The number of aliphatic hydroxyl groups excluding tert-OH is 1. The fourth-order valence-electron chi connectivity index (χ4n) is 2.78. The van der Waals surface area contributed by atoms with Gasteiger partial charge in [0.05, 0.1) is 37.6 Å². The first-order valence-corrected chi connectivity index (χ1v) is 7.93. The molecule has 22 heavy (non-hydrogen) atoms. The molecular formula is C15H26N4O3. The summed E-state index contributed by atoms with van der Waals surface area (Å²) < 4.78 is 7.20. The number of rotatable bonds is 5. The molecule has 2 N–H and O–H groups in total. The summed E-state index contributed by atoms with van der Waals surface area (Å²) in [5, 5.41) is 16.8. The van der Waals surface area contributed by atoms with Crippen LogP contribution in [0.25, 0.3) is 0 Å². The second-order valence-corrected chi connectivity index (χ2v) is 5.62. The minimum Gasteiger partial charge on any atom is -0.394 e. The molecule has 0 bridgehead atoms. The van der Waals surface area contributed by atoms with E-state index in [1.54, 1.807) is 4.90 Å². The number of aromatic nitrogens is 2. The van der Waals surface area contributed by atoms with E-state index in [1.165, 1.54) is 0 Å². The molecule has 1 fully saturated rings. The van der Waals surface area contributed by atoms with E-state index in [1.807, 2.05) is 17.7 Å². The number of aryl methyl sites for hydroxylation is 1. The number of carbonyl (C=O) groups excluding carboxylic acids is 1. The largest absolute Gasteiger partial charge is 0.394 e. The molecule has 0 unspecified atom stereocenters. The van der Waals surface area contributed by atoms with Crippen LogP contribution in [0.2, 0.25) is 0 Å². The molecule has 0 aliphatic carbocycles. The van der Waals surface area contributed by atoms with Crippen molar-refractivity contribution in [3.05, 3.63) is 11.8 Å². The van der Waals surface area contributed by atoms with Gasteiger partial charge in [-0.3, -0.25) is 5.32 Å². The Morgan fingerprint density at radius 2 is 2.27 bits per heavy atom. The maximum atomic E-state index is 12.5. The molecule has 1 aliphatic heterocycles. The summed E-state index contributed by atoms with van der Waals surface area (Å²) in [7, 11) is 0. The van der Waals surface area contributed by atoms with Crippen LogP contribution in [0.15, 0.2) is 6.07 Å². The molecule has 2 heterocycles. The van der Waals surface area contributed by atoms with Crippen LogP contribution in [0.1, 0.15) is 38.4 Å². The highest BCUT2D eigenvalue weighted by Gasteiger charge is 2.27.